The molecule has 1 aromatic rings. The Morgan fingerprint density at radius 3 is 2.69 bits per heavy atom. The first-order valence-corrected chi connectivity index (χ1v) is 9.74. The molecule has 0 spiro atoms. The third kappa shape index (κ3) is 4.92. The van der Waals surface area contributed by atoms with Crippen LogP contribution in [0.3, 0.4) is 0 Å². The van der Waals surface area contributed by atoms with Crippen LogP contribution < -0.4 is 15.8 Å². The Balaban J connectivity index is 2.30. The number of nitrogens with one attached hydrogen (secondary N) is 1. The molecule has 3 N–H and O–H groups in total. The van der Waals surface area contributed by atoms with Gasteiger partial charge >= 0.3 is 0 Å². The lowest BCUT2D eigenvalue weighted by molar-refractivity contribution is -0.118. The first-order valence-electron chi connectivity index (χ1n) is 8.30. The molecule has 0 aliphatic carbocycles. The number of amides is 1. The van der Waals surface area contributed by atoms with Crippen LogP contribution in [0.5, 0.6) is 5.75 Å². The number of hydrogen-bond donors (Lipinski definition) is 2. The highest BCUT2D eigenvalue weighted by Gasteiger charge is 2.27. The van der Waals surface area contributed by atoms with Gasteiger partial charge in [0.05, 0.1) is 37.0 Å². The van der Waals surface area contributed by atoms with Crippen LogP contribution >= 0.6 is 0 Å². The molecular weight excluding hydrogens is 362 g/mol. The van der Waals surface area contributed by atoms with E-state index in [0.29, 0.717) is 25.6 Å². The van der Waals surface area contributed by atoms with Gasteiger partial charge in [0.15, 0.2) is 0 Å². The van der Waals surface area contributed by atoms with E-state index in [9.17, 15) is 13.2 Å². The molecule has 0 bridgehead atoms. The molecule has 9 nitrogen and oxygen atoms in total. The monoisotopic (exact) mass is 387 g/mol. The second-order valence-corrected chi connectivity index (χ2v) is 7.60. The van der Waals surface area contributed by atoms with Crippen LogP contribution in [0.25, 0.3) is 0 Å². The topological polar surface area (TPSA) is 120 Å². The van der Waals surface area contributed by atoms with E-state index >= 15 is 0 Å². The molecule has 1 unspecified atom stereocenters. The van der Waals surface area contributed by atoms with Crippen LogP contribution in [0.4, 0.5) is 5.69 Å². The average Bonchev–Trinajstić information content (AvgIpc) is 2.64. The minimum atomic E-state index is -3.69. The van der Waals surface area contributed by atoms with E-state index in [1.807, 2.05) is 0 Å². The summed E-state index contributed by atoms with van der Waals surface area (Å²) in [5.41, 5.74) is 5.97. The lowest BCUT2D eigenvalue weighted by atomic mass is 10.2. The smallest absolute Gasteiger partial charge is 0.243 e. The Bertz CT molecular complexity index is 719. The van der Waals surface area contributed by atoms with Crippen LogP contribution in [0.15, 0.2) is 23.1 Å². The number of ether oxygens (including phenoxy) is 3. The van der Waals surface area contributed by atoms with E-state index in [1.165, 1.54) is 29.6 Å². The molecule has 26 heavy (non-hydrogen) atoms. The summed E-state index contributed by atoms with van der Waals surface area (Å²) in [6, 6.07) is 3.48. The summed E-state index contributed by atoms with van der Waals surface area (Å²) < 4.78 is 42.5. The van der Waals surface area contributed by atoms with Gasteiger partial charge in [0.2, 0.25) is 15.9 Å². The number of morpholine rings is 1. The van der Waals surface area contributed by atoms with E-state index in [2.05, 4.69) is 5.32 Å². The second-order valence-electron chi connectivity index (χ2n) is 5.66. The molecular formula is C16H25N3O6S. The van der Waals surface area contributed by atoms with Crippen molar-refractivity contribution in [2.75, 3.05) is 51.9 Å². The quantitative estimate of drug-likeness (QED) is 0.645. The largest absolute Gasteiger partial charge is 0.492 e. The zero-order valence-corrected chi connectivity index (χ0v) is 15.8. The summed E-state index contributed by atoms with van der Waals surface area (Å²) in [5, 5.41) is 2.62. The Morgan fingerprint density at radius 1 is 1.38 bits per heavy atom. The number of nitrogens with zero attached hydrogens (tertiary/aromatic N) is 1. The van der Waals surface area contributed by atoms with Crippen molar-refractivity contribution >= 4 is 21.6 Å². The minimum Gasteiger partial charge on any atom is -0.492 e. The maximum atomic E-state index is 12.8. The molecule has 1 aliphatic heterocycles. The van der Waals surface area contributed by atoms with E-state index < -0.39 is 22.0 Å². The van der Waals surface area contributed by atoms with Crippen molar-refractivity contribution in [3.63, 3.8) is 0 Å². The molecule has 1 fully saturated rings. The number of rotatable bonds is 8. The number of methoxy groups -OCH3 is 1. The number of hydrogen-bond acceptors (Lipinski definition) is 7. The molecule has 0 radical (unpaired) electrons. The van der Waals surface area contributed by atoms with Crippen molar-refractivity contribution in [2.45, 2.75) is 17.9 Å². The van der Waals surface area contributed by atoms with Gasteiger partial charge < -0.3 is 25.3 Å². The van der Waals surface area contributed by atoms with Gasteiger partial charge in [-0.2, -0.15) is 4.31 Å². The third-order valence-electron chi connectivity index (χ3n) is 3.80. The summed E-state index contributed by atoms with van der Waals surface area (Å²) in [7, 11) is -2.25. The average molecular weight is 387 g/mol. The summed E-state index contributed by atoms with van der Waals surface area (Å²) in [4.78, 5) is 12.2. The third-order valence-corrected chi connectivity index (χ3v) is 5.69. The molecule has 1 aromatic carbocycles. The predicted molar refractivity (Wildman–Crippen MR) is 95.7 cm³/mol. The number of carbonyl (C=O) groups is 1. The van der Waals surface area contributed by atoms with E-state index in [0.717, 1.165) is 0 Å². The number of sulfonamides is 1. The maximum absolute atomic E-state index is 12.8. The fourth-order valence-corrected chi connectivity index (χ4v) is 3.90. The standard InChI is InChI=1S/C16H25N3O6S/c1-3-25-15-5-4-12(26(21,22)19-6-8-24-9-7-19)10-14(15)18-16(20)13(17)11-23-2/h4-5,10,13H,3,6-9,11,17H2,1-2H3,(H,18,20). The van der Waals surface area contributed by atoms with E-state index in [1.54, 1.807) is 6.92 Å². The van der Waals surface area contributed by atoms with Crippen LogP contribution in [0, 0.1) is 0 Å². The first-order chi connectivity index (χ1) is 12.4. The van der Waals surface area contributed by atoms with Crippen molar-refractivity contribution < 1.29 is 27.4 Å². The molecule has 146 valence electrons. The van der Waals surface area contributed by atoms with Gasteiger partial charge in [0, 0.05) is 20.2 Å². The summed E-state index contributed by atoms with van der Waals surface area (Å²) in [5.74, 6) is -0.125. The van der Waals surface area contributed by atoms with Gasteiger partial charge in [-0.15, -0.1) is 0 Å². The zero-order valence-electron chi connectivity index (χ0n) is 14.9. The number of nitrogens with two attached hydrogens (primary N) is 1. The Kier molecular flexibility index (Phi) is 7.35. The lowest BCUT2D eigenvalue weighted by Crippen LogP contribution is -2.41. The normalized spacial score (nSPS) is 16.9. The highest BCUT2D eigenvalue weighted by molar-refractivity contribution is 7.89. The fourth-order valence-electron chi connectivity index (χ4n) is 2.47. The maximum Gasteiger partial charge on any atom is 0.243 e. The molecule has 1 aliphatic rings. The lowest BCUT2D eigenvalue weighted by Gasteiger charge is -2.26. The van der Waals surface area contributed by atoms with E-state index in [-0.39, 0.29) is 30.3 Å². The van der Waals surface area contributed by atoms with Gasteiger partial charge in [-0.1, -0.05) is 0 Å². The minimum absolute atomic E-state index is 0.0432. The molecule has 2 rings (SSSR count). The van der Waals surface area contributed by atoms with Crippen molar-refractivity contribution in [1.29, 1.82) is 0 Å². The van der Waals surface area contributed by atoms with Crippen LogP contribution in [-0.2, 0) is 24.3 Å². The zero-order chi connectivity index (χ0) is 19.2. The Hall–Kier alpha value is -1.72. The molecule has 0 aromatic heterocycles. The number of benzene rings is 1. The summed E-state index contributed by atoms with van der Waals surface area (Å²) in [6.07, 6.45) is 0. The second kappa shape index (κ2) is 9.28. The SMILES string of the molecule is CCOc1ccc(S(=O)(=O)N2CCOCC2)cc1NC(=O)C(N)COC. The molecule has 1 saturated heterocycles. The first kappa shape index (κ1) is 20.6. The summed E-state index contributed by atoms with van der Waals surface area (Å²) >= 11 is 0. The van der Waals surface area contributed by atoms with Crippen molar-refractivity contribution in [2.24, 2.45) is 5.73 Å². The van der Waals surface area contributed by atoms with Gasteiger partial charge in [0.25, 0.3) is 0 Å². The predicted octanol–water partition coefficient (Wildman–Crippen LogP) is 0.0184. The van der Waals surface area contributed by atoms with Gasteiger partial charge in [-0.05, 0) is 25.1 Å². The van der Waals surface area contributed by atoms with Crippen molar-refractivity contribution in [1.82, 2.24) is 4.31 Å². The van der Waals surface area contributed by atoms with E-state index in [4.69, 9.17) is 19.9 Å². The molecule has 1 amide bonds. The number of carbonyl (C=O) groups excluding carboxylic acids is 1. The molecule has 0 saturated carbocycles. The van der Waals surface area contributed by atoms with Crippen LogP contribution in [0.1, 0.15) is 6.92 Å². The highest BCUT2D eigenvalue weighted by Crippen LogP contribution is 2.29. The van der Waals surface area contributed by atoms with Crippen molar-refractivity contribution in [3.05, 3.63) is 18.2 Å². The summed E-state index contributed by atoms with van der Waals surface area (Å²) in [6.45, 7) is 3.48. The number of anilines is 1. The molecule has 10 heteroatoms. The Labute approximate surface area is 153 Å². The van der Waals surface area contributed by atoms with Gasteiger partial charge in [-0.25, -0.2) is 8.42 Å². The molecule has 1 heterocycles. The van der Waals surface area contributed by atoms with Crippen molar-refractivity contribution in [3.8, 4) is 5.75 Å². The molecule has 1 atom stereocenters. The fraction of sp³-hybridized carbons (Fsp3) is 0.562. The van der Waals surface area contributed by atoms with Crippen LogP contribution in [0.2, 0.25) is 0 Å². The van der Waals surface area contributed by atoms with Gasteiger partial charge in [0.1, 0.15) is 11.8 Å². The Morgan fingerprint density at radius 2 is 2.08 bits per heavy atom. The van der Waals surface area contributed by atoms with Gasteiger partial charge in [-0.3, -0.25) is 4.79 Å². The van der Waals surface area contributed by atoms with Crippen LogP contribution in [-0.4, -0.2) is 71.3 Å². The highest BCUT2D eigenvalue weighted by atomic mass is 32.2.